The number of nitro groups is 1. The van der Waals surface area contributed by atoms with E-state index in [1.54, 1.807) is 6.07 Å². The molecule has 0 spiro atoms. The van der Waals surface area contributed by atoms with Crippen LogP contribution < -0.4 is 10.2 Å². The highest BCUT2D eigenvalue weighted by Crippen LogP contribution is 2.36. The second kappa shape index (κ2) is 6.83. The van der Waals surface area contributed by atoms with Crippen molar-refractivity contribution in [2.45, 2.75) is 0 Å². The molecule has 0 fully saturated rings. The molecule has 0 aliphatic rings. The third kappa shape index (κ3) is 3.47. The van der Waals surface area contributed by atoms with Gasteiger partial charge in [-0.25, -0.2) is 4.98 Å². The third-order valence-corrected chi connectivity index (χ3v) is 3.48. The van der Waals surface area contributed by atoms with Gasteiger partial charge >= 0.3 is 5.69 Å². The van der Waals surface area contributed by atoms with Crippen molar-refractivity contribution in [1.29, 1.82) is 0 Å². The molecule has 126 valence electrons. The Morgan fingerprint density at radius 2 is 2.08 bits per heavy atom. The number of para-hydroxylation sites is 1. The van der Waals surface area contributed by atoms with Gasteiger partial charge in [0.25, 0.3) is 0 Å². The van der Waals surface area contributed by atoms with Gasteiger partial charge in [0.15, 0.2) is 5.75 Å². The van der Waals surface area contributed by atoms with Crippen LogP contribution in [0.3, 0.4) is 0 Å². The van der Waals surface area contributed by atoms with E-state index in [-0.39, 0.29) is 5.75 Å². The molecule has 0 amide bonds. The Balaban J connectivity index is 1.83. The molecule has 0 bridgehead atoms. The number of nitrogens with zero attached hydrogens (tertiary/aromatic N) is 3. The van der Waals surface area contributed by atoms with Crippen molar-refractivity contribution in [3.63, 3.8) is 0 Å². The Bertz CT molecular complexity index is 972. The predicted molar refractivity (Wildman–Crippen MR) is 94.3 cm³/mol. The number of benzene rings is 2. The fourth-order valence-electron chi connectivity index (χ4n) is 2.28. The van der Waals surface area contributed by atoms with Crippen molar-refractivity contribution < 1.29 is 14.8 Å². The zero-order valence-electron chi connectivity index (χ0n) is 13.2. The summed E-state index contributed by atoms with van der Waals surface area (Å²) >= 11 is 0. The Kier molecular flexibility index (Phi) is 4.42. The Labute approximate surface area is 142 Å². The fraction of sp³-hybridized carbons (Fsp3) is 0.0588. The number of anilines is 1. The number of nitro benzene ring substituents is 1. The van der Waals surface area contributed by atoms with Gasteiger partial charge in [0.2, 0.25) is 5.75 Å². The quantitative estimate of drug-likeness (QED) is 0.419. The summed E-state index contributed by atoms with van der Waals surface area (Å²) < 4.78 is 4.94. The van der Waals surface area contributed by atoms with Gasteiger partial charge in [-0.05, 0) is 24.3 Å². The lowest BCUT2D eigenvalue weighted by atomic mass is 10.2. The monoisotopic (exact) mass is 338 g/mol. The van der Waals surface area contributed by atoms with Crippen LogP contribution in [-0.4, -0.2) is 28.3 Å². The first-order valence-corrected chi connectivity index (χ1v) is 7.29. The van der Waals surface area contributed by atoms with Gasteiger partial charge < -0.3 is 9.84 Å². The van der Waals surface area contributed by atoms with E-state index in [1.807, 2.05) is 30.3 Å². The predicted octanol–water partition coefficient (Wildman–Crippen LogP) is 3.30. The average molecular weight is 338 g/mol. The lowest BCUT2D eigenvalue weighted by molar-refractivity contribution is -0.386. The number of aromatic hydroxyl groups is 1. The van der Waals surface area contributed by atoms with Crippen LogP contribution in [0.4, 0.5) is 11.5 Å². The molecule has 3 aromatic rings. The lowest BCUT2D eigenvalue weighted by Crippen LogP contribution is -1.97. The van der Waals surface area contributed by atoms with Crippen molar-refractivity contribution >= 4 is 28.6 Å². The number of methoxy groups -OCH3 is 1. The average Bonchev–Trinajstić information content (AvgIpc) is 2.62. The van der Waals surface area contributed by atoms with E-state index >= 15 is 0 Å². The summed E-state index contributed by atoms with van der Waals surface area (Å²) in [7, 11) is 1.32. The maximum absolute atomic E-state index is 11.0. The first-order valence-electron chi connectivity index (χ1n) is 7.29. The Hall–Kier alpha value is -3.68. The minimum atomic E-state index is -0.687. The normalized spacial score (nSPS) is 10.9. The molecule has 1 heterocycles. The molecule has 2 aromatic carbocycles. The van der Waals surface area contributed by atoms with Crippen molar-refractivity contribution in [2.75, 3.05) is 12.5 Å². The van der Waals surface area contributed by atoms with E-state index in [2.05, 4.69) is 15.5 Å². The van der Waals surface area contributed by atoms with Crippen molar-refractivity contribution in [2.24, 2.45) is 5.10 Å². The molecular weight excluding hydrogens is 324 g/mol. The molecule has 8 heteroatoms. The number of nitrogens with one attached hydrogen (secondary N) is 1. The maximum Gasteiger partial charge on any atom is 0.315 e. The van der Waals surface area contributed by atoms with E-state index in [0.717, 1.165) is 10.9 Å². The molecule has 3 rings (SSSR count). The summed E-state index contributed by atoms with van der Waals surface area (Å²) in [5.41, 5.74) is 3.54. The van der Waals surface area contributed by atoms with Gasteiger partial charge in [-0.3, -0.25) is 15.5 Å². The van der Waals surface area contributed by atoms with Gasteiger partial charge in [0.1, 0.15) is 5.82 Å². The molecule has 0 aliphatic heterocycles. The van der Waals surface area contributed by atoms with Crippen LogP contribution in [-0.2, 0) is 0 Å². The lowest BCUT2D eigenvalue weighted by Gasteiger charge is -2.05. The van der Waals surface area contributed by atoms with E-state index in [0.29, 0.717) is 11.4 Å². The molecule has 2 N–H and O–H groups in total. The standard InChI is InChI=1S/C17H14N4O4/c1-25-15-9-11(8-14(17(15)22)21(23)24)10-18-20-16-7-6-12-4-2-3-5-13(12)19-16/h2-10,22H,1H3,(H,19,20)/b18-10+. The van der Waals surface area contributed by atoms with Crippen LogP contribution in [0.15, 0.2) is 53.6 Å². The Morgan fingerprint density at radius 3 is 2.84 bits per heavy atom. The first-order chi connectivity index (χ1) is 12.1. The van der Waals surface area contributed by atoms with E-state index in [4.69, 9.17) is 4.74 Å². The number of fused-ring (bicyclic) bond motifs is 1. The Morgan fingerprint density at radius 1 is 1.28 bits per heavy atom. The molecule has 25 heavy (non-hydrogen) atoms. The first kappa shape index (κ1) is 16.2. The number of hydrazone groups is 1. The fourth-order valence-corrected chi connectivity index (χ4v) is 2.28. The summed E-state index contributed by atoms with van der Waals surface area (Å²) in [6.45, 7) is 0. The van der Waals surface area contributed by atoms with E-state index < -0.39 is 16.4 Å². The number of phenols is 1. The number of hydrogen-bond acceptors (Lipinski definition) is 7. The number of hydrogen-bond donors (Lipinski definition) is 2. The van der Waals surface area contributed by atoms with Gasteiger partial charge in [-0.2, -0.15) is 5.10 Å². The van der Waals surface area contributed by atoms with Gasteiger partial charge in [0.05, 0.1) is 23.8 Å². The summed E-state index contributed by atoms with van der Waals surface area (Å²) in [5, 5.41) is 25.8. The molecule has 0 aliphatic carbocycles. The van der Waals surface area contributed by atoms with Crippen molar-refractivity contribution in [3.05, 3.63) is 64.2 Å². The largest absolute Gasteiger partial charge is 0.500 e. The molecule has 0 saturated heterocycles. The van der Waals surface area contributed by atoms with Crippen molar-refractivity contribution in [3.8, 4) is 11.5 Å². The molecule has 0 unspecified atom stereocenters. The van der Waals surface area contributed by atoms with Crippen molar-refractivity contribution in [1.82, 2.24) is 4.98 Å². The zero-order valence-corrected chi connectivity index (χ0v) is 13.2. The topological polar surface area (TPSA) is 110 Å². The minimum absolute atomic E-state index is 0.000481. The second-order valence-corrected chi connectivity index (χ2v) is 5.11. The second-order valence-electron chi connectivity index (χ2n) is 5.11. The molecular formula is C17H14N4O4. The van der Waals surface area contributed by atoms with Crippen LogP contribution in [0.2, 0.25) is 0 Å². The summed E-state index contributed by atoms with van der Waals surface area (Å²) in [6, 6.07) is 14.0. The SMILES string of the molecule is COc1cc(/C=N/Nc2ccc3ccccc3n2)cc([N+](=O)[O-])c1O. The van der Waals surface area contributed by atoms with Gasteiger partial charge in [-0.1, -0.05) is 18.2 Å². The summed E-state index contributed by atoms with van der Waals surface area (Å²) in [5.74, 6) is 0.0171. The van der Waals surface area contributed by atoms with Gasteiger partial charge in [-0.15, -0.1) is 0 Å². The molecule has 0 atom stereocenters. The maximum atomic E-state index is 11.0. The number of aromatic nitrogens is 1. The summed E-state index contributed by atoms with van der Waals surface area (Å²) in [6.07, 6.45) is 1.38. The smallest absolute Gasteiger partial charge is 0.315 e. The van der Waals surface area contributed by atoms with Crippen LogP contribution >= 0.6 is 0 Å². The molecule has 0 radical (unpaired) electrons. The number of phenolic OH excluding ortho intramolecular Hbond substituents is 1. The zero-order chi connectivity index (χ0) is 17.8. The number of pyridine rings is 1. The minimum Gasteiger partial charge on any atom is -0.500 e. The highest BCUT2D eigenvalue weighted by Gasteiger charge is 2.19. The molecule has 0 saturated carbocycles. The summed E-state index contributed by atoms with van der Waals surface area (Å²) in [4.78, 5) is 14.7. The van der Waals surface area contributed by atoms with Crippen LogP contribution in [0, 0.1) is 10.1 Å². The highest BCUT2D eigenvalue weighted by molar-refractivity contribution is 5.84. The number of ether oxygens (including phenoxy) is 1. The van der Waals surface area contributed by atoms with Crippen LogP contribution in [0.5, 0.6) is 11.5 Å². The third-order valence-electron chi connectivity index (χ3n) is 3.48. The molecule has 1 aromatic heterocycles. The number of rotatable bonds is 5. The van der Waals surface area contributed by atoms with Crippen LogP contribution in [0.25, 0.3) is 10.9 Å². The van der Waals surface area contributed by atoms with Gasteiger partial charge in [0, 0.05) is 17.0 Å². The highest BCUT2D eigenvalue weighted by atomic mass is 16.6. The van der Waals surface area contributed by atoms with E-state index in [1.165, 1.54) is 25.5 Å². The van der Waals surface area contributed by atoms with Crippen LogP contribution in [0.1, 0.15) is 5.56 Å². The van der Waals surface area contributed by atoms with E-state index in [9.17, 15) is 15.2 Å². The molecule has 8 nitrogen and oxygen atoms in total.